The number of ether oxygens (including phenoxy) is 1. The summed E-state index contributed by atoms with van der Waals surface area (Å²) in [6.45, 7) is 0. The van der Waals surface area contributed by atoms with Gasteiger partial charge in [-0.3, -0.25) is 14.9 Å². The molecule has 0 saturated carbocycles. The molecule has 2 N–H and O–H groups in total. The van der Waals surface area contributed by atoms with Crippen LogP contribution in [0.3, 0.4) is 0 Å². The highest BCUT2D eigenvalue weighted by Crippen LogP contribution is 2.33. The van der Waals surface area contributed by atoms with E-state index in [1.165, 1.54) is 24.3 Å². The summed E-state index contributed by atoms with van der Waals surface area (Å²) in [5.74, 6) is 0.891. The number of amides is 2. The summed E-state index contributed by atoms with van der Waals surface area (Å²) in [6.07, 6.45) is 2.83. The molecule has 25 heavy (non-hydrogen) atoms. The van der Waals surface area contributed by atoms with Crippen LogP contribution in [-0.4, -0.2) is 40.0 Å². The zero-order valence-electron chi connectivity index (χ0n) is 13.5. The maximum absolute atomic E-state index is 11.8. The number of hydrogen-bond donors (Lipinski definition) is 2. The highest BCUT2D eigenvalue weighted by Gasteiger charge is 2.42. The first-order valence-corrected chi connectivity index (χ1v) is 9.21. The Labute approximate surface area is 148 Å². The highest BCUT2D eigenvalue weighted by molar-refractivity contribution is 8.00. The number of urea groups is 1. The summed E-state index contributed by atoms with van der Waals surface area (Å²) in [7, 11) is 0. The number of rotatable bonds is 7. The molecular formula is C16H19N3O5S. The van der Waals surface area contributed by atoms with Gasteiger partial charge < -0.3 is 15.4 Å². The van der Waals surface area contributed by atoms with Crippen LogP contribution in [0.4, 0.5) is 10.5 Å². The van der Waals surface area contributed by atoms with Gasteiger partial charge in [-0.15, -0.1) is 0 Å². The van der Waals surface area contributed by atoms with E-state index in [1.807, 2.05) is 11.8 Å². The van der Waals surface area contributed by atoms with Crippen LogP contribution < -0.4 is 15.4 Å². The zero-order valence-corrected chi connectivity index (χ0v) is 14.3. The maximum atomic E-state index is 11.8. The third-order valence-corrected chi connectivity index (χ3v) is 5.85. The number of hydrogen-bond acceptors (Lipinski definition) is 6. The van der Waals surface area contributed by atoms with Crippen LogP contribution in [0.1, 0.15) is 25.7 Å². The molecule has 0 unspecified atom stereocenters. The van der Waals surface area contributed by atoms with Crippen LogP contribution in [-0.2, 0) is 4.79 Å². The molecule has 3 atom stereocenters. The first-order valence-electron chi connectivity index (χ1n) is 8.17. The van der Waals surface area contributed by atoms with Crippen LogP contribution in [0.25, 0.3) is 0 Å². The van der Waals surface area contributed by atoms with Crippen molar-refractivity contribution in [2.24, 2.45) is 0 Å². The van der Waals surface area contributed by atoms with Gasteiger partial charge in [0.15, 0.2) is 0 Å². The van der Waals surface area contributed by atoms with Gasteiger partial charge in [-0.05, 0) is 25.0 Å². The third-order valence-electron chi connectivity index (χ3n) is 4.34. The van der Waals surface area contributed by atoms with Crippen molar-refractivity contribution in [3.05, 3.63) is 34.4 Å². The number of nitrogens with zero attached hydrogens (tertiary/aromatic N) is 1. The number of benzene rings is 1. The van der Waals surface area contributed by atoms with E-state index in [1.54, 1.807) is 0 Å². The Kier molecular flexibility index (Phi) is 5.42. The summed E-state index contributed by atoms with van der Waals surface area (Å²) in [6, 6.07) is 5.76. The number of thioether (sulfide) groups is 1. The number of non-ortho nitro benzene ring substituents is 1. The molecule has 134 valence electrons. The second-order valence-corrected chi connectivity index (χ2v) is 7.36. The molecule has 2 saturated heterocycles. The molecule has 0 spiro atoms. The number of nitro groups is 1. The van der Waals surface area contributed by atoms with E-state index >= 15 is 0 Å². The topological polar surface area (TPSA) is 111 Å². The molecule has 1 aromatic carbocycles. The summed E-state index contributed by atoms with van der Waals surface area (Å²) in [5.41, 5.74) is -0.0411. The fourth-order valence-corrected chi connectivity index (χ4v) is 4.62. The molecular weight excluding hydrogens is 346 g/mol. The molecule has 2 aliphatic rings. The smallest absolute Gasteiger partial charge is 0.315 e. The lowest BCUT2D eigenvalue weighted by molar-refractivity contribution is -0.384. The molecule has 0 bridgehead atoms. The number of carbonyl (C=O) groups is 2. The minimum absolute atomic E-state index is 0.0411. The van der Waals surface area contributed by atoms with Crippen LogP contribution in [0.15, 0.2) is 24.3 Å². The Bertz CT molecular complexity index is 666. The summed E-state index contributed by atoms with van der Waals surface area (Å²) >= 11 is 1.85. The van der Waals surface area contributed by atoms with E-state index in [-0.39, 0.29) is 29.8 Å². The Morgan fingerprint density at radius 1 is 1.28 bits per heavy atom. The van der Waals surface area contributed by atoms with Crippen molar-refractivity contribution in [1.82, 2.24) is 10.6 Å². The molecule has 0 aliphatic carbocycles. The van der Waals surface area contributed by atoms with Crippen molar-refractivity contribution in [3.63, 3.8) is 0 Å². The van der Waals surface area contributed by atoms with Gasteiger partial charge >= 0.3 is 12.0 Å². The molecule has 3 rings (SSSR count). The van der Waals surface area contributed by atoms with E-state index in [9.17, 15) is 19.7 Å². The molecule has 2 amide bonds. The third kappa shape index (κ3) is 4.41. The molecule has 2 heterocycles. The lowest BCUT2D eigenvalue weighted by Gasteiger charge is -2.16. The molecule has 0 aromatic heterocycles. The predicted octanol–water partition coefficient (Wildman–Crippen LogP) is 2.23. The lowest BCUT2D eigenvalue weighted by Crippen LogP contribution is -2.36. The predicted molar refractivity (Wildman–Crippen MR) is 92.7 cm³/mol. The fraction of sp³-hybridized carbons (Fsp3) is 0.500. The van der Waals surface area contributed by atoms with Crippen molar-refractivity contribution in [2.45, 2.75) is 43.0 Å². The molecule has 2 fully saturated rings. The van der Waals surface area contributed by atoms with Crippen molar-refractivity contribution >= 4 is 29.4 Å². The quantitative estimate of drug-likeness (QED) is 0.191. The Hall–Kier alpha value is -2.29. The normalized spacial score (nSPS) is 24.3. The Morgan fingerprint density at radius 3 is 2.76 bits per heavy atom. The van der Waals surface area contributed by atoms with Crippen LogP contribution in [0, 0.1) is 10.1 Å². The zero-order chi connectivity index (χ0) is 17.8. The number of fused-ring (bicyclic) bond motifs is 1. The number of carbonyl (C=O) groups excluding carboxylic acids is 2. The van der Waals surface area contributed by atoms with Gasteiger partial charge in [0.1, 0.15) is 5.75 Å². The molecule has 8 nitrogen and oxygen atoms in total. The largest absolute Gasteiger partial charge is 0.427 e. The van der Waals surface area contributed by atoms with E-state index < -0.39 is 4.92 Å². The first-order chi connectivity index (χ1) is 12.0. The lowest BCUT2D eigenvalue weighted by atomic mass is 10.0. The van der Waals surface area contributed by atoms with Gasteiger partial charge in [-0.25, -0.2) is 4.79 Å². The average Bonchev–Trinajstić information content (AvgIpc) is 3.11. The van der Waals surface area contributed by atoms with Crippen molar-refractivity contribution in [1.29, 1.82) is 0 Å². The van der Waals surface area contributed by atoms with Gasteiger partial charge in [-0.1, -0.05) is 6.42 Å². The molecule has 9 heteroatoms. The van der Waals surface area contributed by atoms with Gasteiger partial charge in [0, 0.05) is 29.6 Å². The van der Waals surface area contributed by atoms with Crippen LogP contribution in [0.5, 0.6) is 5.75 Å². The van der Waals surface area contributed by atoms with Gasteiger partial charge in [0.2, 0.25) is 0 Å². The summed E-state index contributed by atoms with van der Waals surface area (Å²) in [5, 5.41) is 16.8. The summed E-state index contributed by atoms with van der Waals surface area (Å²) in [4.78, 5) is 33.2. The van der Waals surface area contributed by atoms with Gasteiger partial charge in [0.05, 0.1) is 17.0 Å². The number of esters is 1. The number of nitro benzene ring substituents is 1. The fourth-order valence-electron chi connectivity index (χ4n) is 3.08. The maximum Gasteiger partial charge on any atom is 0.315 e. The van der Waals surface area contributed by atoms with E-state index in [0.29, 0.717) is 23.8 Å². The van der Waals surface area contributed by atoms with E-state index in [0.717, 1.165) is 18.6 Å². The monoisotopic (exact) mass is 365 g/mol. The van der Waals surface area contributed by atoms with Crippen molar-refractivity contribution in [3.8, 4) is 5.75 Å². The van der Waals surface area contributed by atoms with E-state index in [2.05, 4.69) is 10.6 Å². The van der Waals surface area contributed by atoms with Crippen LogP contribution in [0.2, 0.25) is 0 Å². The highest BCUT2D eigenvalue weighted by atomic mass is 32.2. The van der Waals surface area contributed by atoms with Gasteiger partial charge in [-0.2, -0.15) is 11.8 Å². The summed E-state index contributed by atoms with van der Waals surface area (Å²) < 4.78 is 5.17. The van der Waals surface area contributed by atoms with Crippen molar-refractivity contribution in [2.75, 3.05) is 5.75 Å². The SMILES string of the molecule is O=C1N[C@@H]2[C@H](CS[C@H]2CCCCC(=O)Oc2ccc([N+](=O)[O-])cc2)N1. The van der Waals surface area contributed by atoms with Crippen molar-refractivity contribution < 1.29 is 19.2 Å². The second-order valence-electron chi connectivity index (χ2n) is 6.09. The second kappa shape index (κ2) is 7.73. The van der Waals surface area contributed by atoms with E-state index in [4.69, 9.17) is 4.74 Å². The molecule has 1 aromatic rings. The minimum atomic E-state index is -0.501. The Balaban J connectivity index is 1.35. The Morgan fingerprint density at radius 2 is 2.04 bits per heavy atom. The van der Waals surface area contributed by atoms with Gasteiger partial charge in [0.25, 0.3) is 5.69 Å². The average molecular weight is 365 g/mol. The minimum Gasteiger partial charge on any atom is -0.427 e. The molecule has 0 radical (unpaired) electrons. The first kappa shape index (κ1) is 17.5. The number of nitrogens with one attached hydrogen (secondary N) is 2. The molecule has 2 aliphatic heterocycles. The number of unbranched alkanes of at least 4 members (excludes halogenated alkanes) is 1. The standard InChI is InChI=1S/C16H19N3O5S/c20-14(24-11-7-5-10(6-8-11)19(22)23)4-2-1-3-13-15-12(9-25-13)17-16(21)18-15/h5-8,12-13,15H,1-4,9H2,(H2,17,18,21)/t12-,13-,15+/m0/s1. The van der Waals surface area contributed by atoms with Crippen LogP contribution >= 0.6 is 11.8 Å².